The van der Waals surface area contributed by atoms with Gasteiger partial charge in [-0.15, -0.1) is 0 Å². The van der Waals surface area contributed by atoms with Gasteiger partial charge in [-0.25, -0.2) is 0 Å². The molecule has 4 atom stereocenters. The smallest absolute Gasteiger partial charge is 0.305 e. The van der Waals surface area contributed by atoms with Crippen LogP contribution in [-0.2, 0) is 23.8 Å². The fraction of sp³-hybridized carbons (Fsp3) is 0.800. The SMILES string of the molecule is CC(=O)OC1O[C@H]([C@H](O)CO)C(O)(O)[C@H]1OC(C)=O. The van der Waals surface area contributed by atoms with Gasteiger partial charge in [-0.3, -0.25) is 9.59 Å². The van der Waals surface area contributed by atoms with Crippen molar-refractivity contribution in [2.75, 3.05) is 6.61 Å². The zero-order valence-electron chi connectivity index (χ0n) is 10.3. The van der Waals surface area contributed by atoms with Gasteiger partial charge >= 0.3 is 11.9 Å². The van der Waals surface area contributed by atoms with Crippen molar-refractivity contribution in [3.8, 4) is 0 Å². The molecule has 0 amide bonds. The van der Waals surface area contributed by atoms with Crippen molar-refractivity contribution in [3.63, 3.8) is 0 Å². The molecule has 1 aliphatic rings. The molecule has 4 N–H and O–H groups in total. The zero-order valence-corrected chi connectivity index (χ0v) is 10.3. The zero-order chi connectivity index (χ0) is 14.8. The highest BCUT2D eigenvalue weighted by atomic mass is 16.8. The van der Waals surface area contributed by atoms with Crippen molar-refractivity contribution in [1.29, 1.82) is 0 Å². The normalized spacial score (nSPS) is 30.7. The van der Waals surface area contributed by atoms with Gasteiger partial charge < -0.3 is 34.6 Å². The molecule has 1 rings (SSSR count). The third kappa shape index (κ3) is 3.39. The lowest BCUT2D eigenvalue weighted by atomic mass is 10.0. The van der Waals surface area contributed by atoms with E-state index in [0.717, 1.165) is 13.8 Å². The van der Waals surface area contributed by atoms with Gasteiger partial charge in [-0.2, -0.15) is 0 Å². The average Bonchev–Trinajstić information content (AvgIpc) is 2.50. The van der Waals surface area contributed by atoms with Crippen molar-refractivity contribution in [3.05, 3.63) is 0 Å². The molecule has 0 spiro atoms. The maximum atomic E-state index is 10.9. The predicted octanol–water partition coefficient (Wildman–Crippen LogP) is -2.76. The predicted molar refractivity (Wildman–Crippen MR) is 56.2 cm³/mol. The number of hydrogen-bond acceptors (Lipinski definition) is 9. The number of rotatable bonds is 4. The Bertz CT molecular complexity index is 353. The molecule has 0 aromatic rings. The molecule has 1 fully saturated rings. The van der Waals surface area contributed by atoms with Gasteiger partial charge in [0.05, 0.1) is 6.61 Å². The van der Waals surface area contributed by atoms with E-state index in [0.29, 0.717) is 0 Å². The number of aliphatic hydroxyl groups is 4. The summed E-state index contributed by atoms with van der Waals surface area (Å²) in [5, 5.41) is 37.9. The second-order valence-electron chi connectivity index (χ2n) is 4.10. The van der Waals surface area contributed by atoms with Crippen LogP contribution in [0.3, 0.4) is 0 Å². The summed E-state index contributed by atoms with van der Waals surface area (Å²) in [6, 6.07) is 0. The van der Waals surface area contributed by atoms with Gasteiger partial charge in [0.1, 0.15) is 12.2 Å². The molecule has 0 radical (unpaired) electrons. The minimum Gasteiger partial charge on any atom is -0.450 e. The van der Waals surface area contributed by atoms with Crippen molar-refractivity contribution < 1.29 is 44.2 Å². The molecule has 19 heavy (non-hydrogen) atoms. The van der Waals surface area contributed by atoms with E-state index in [-0.39, 0.29) is 0 Å². The fourth-order valence-corrected chi connectivity index (χ4v) is 1.72. The van der Waals surface area contributed by atoms with Crippen molar-refractivity contribution in [1.82, 2.24) is 0 Å². The van der Waals surface area contributed by atoms with E-state index < -0.39 is 48.9 Å². The Balaban J connectivity index is 2.98. The van der Waals surface area contributed by atoms with Crippen molar-refractivity contribution in [2.45, 2.75) is 44.2 Å². The van der Waals surface area contributed by atoms with E-state index in [1.807, 2.05) is 0 Å². The third-order valence-electron chi connectivity index (χ3n) is 2.48. The summed E-state index contributed by atoms with van der Waals surface area (Å²) in [5.41, 5.74) is 0. The molecule has 1 aliphatic heterocycles. The van der Waals surface area contributed by atoms with Crippen LogP contribution in [-0.4, -0.2) is 69.4 Å². The second-order valence-corrected chi connectivity index (χ2v) is 4.10. The van der Waals surface area contributed by atoms with E-state index in [4.69, 9.17) is 9.84 Å². The molecule has 0 aromatic carbocycles. The standard InChI is InChI=1S/C10H16O9/c1-4(12)17-8-9(18-5(2)13)19-7(6(14)3-11)10(8,15)16/h6-9,11,14-16H,3H2,1-2H3/t6-,7-,8+,9?/m1/s1. The van der Waals surface area contributed by atoms with Crippen LogP contribution in [0.1, 0.15) is 13.8 Å². The lowest BCUT2D eigenvalue weighted by Gasteiger charge is -2.28. The molecule has 9 nitrogen and oxygen atoms in total. The van der Waals surface area contributed by atoms with Gasteiger partial charge in [-0.1, -0.05) is 0 Å². The van der Waals surface area contributed by atoms with Crippen LogP contribution in [0.15, 0.2) is 0 Å². The molecule has 110 valence electrons. The van der Waals surface area contributed by atoms with Gasteiger partial charge in [0.2, 0.25) is 18.2 Å². The molecule has 1 unspecified atom stereocenters. The van der Waals surface area contributed by atoms with Crippen molar-refractivity contribution in [2.24, 2.45) is 0 Å². The molecule has 0 saturated carbocycles. The maximum absolute atomic E-state index is 10.9. The van der Waals surface area contributed by atoms with E-state index in [1.54, 1.807) is 0 Å². The van der Waals surface area contributed by atoms with Crippen LogP contribution < -0.4 is 0 Å². The summed E-state index contributed by atoms with van der Waals surface area (Å²) in [6.07, 6.45) is -6.69. The van der Waals surface area contributed by atoms with Crippen LogP contribution in [0, 0.1) is 0 Å². The van der Waals surface area contributed by atoms with Gasteiger partial charge in [0.15, 0.2) is 0 Å². The first-order valence-electron chi connectivity index (χ1n) is 5.43. The molecule has 0 bridgehead atoms. The van der Waals surface area contributed by atoms with E-state index in [2.05, 4.69) is 9.47 Å². The molecular weight excluding hydrogens is 264 g/mol. The summed E-state index contributed by atoms with van der Waals surface area (Å²) >= 11 is 0. The highest BCUT2D eigenvalue weighted by Crippen LogP contribution is 2.34. The van der Waals surface area contributed by atoms with Crippen LogP contribution in [0.4, 0.5) is 0 Å². The minimum atomic E-state index is -2.81. The number of carbonyl (C=O) groups excluding carboxylic acids is 2. The van der Waals surface area contributed by atoms with Crippen LogP contribution in [0.5, 0.6) is 0 Å². The van der Waals surface area contributed by atoms with E-state index in [9.17, 15) is 24.9 Å². The van der Waals surface area contributed by atoms with Gasteiger partial charge in [0.25, 0.3) is 0 Å². The lowest BCUT2D eigenvalue weighted by molar-refractivity contribution is -0.254. The molecule has 1 saturated heterocycles. The number of hydrogen-bond donors (Lipinski definition) is 4. The Morgan fingerprint density at radius 1 is 1.26 bits per heavy atom. The first-order valence-corrected chi connectivity index (χ1v) is 5.43. The van der Waals surface area contributed by atoms with Crippen LogP contribution in [0.2, 0.25) is 0 Å². The molecule has 0 aromatic heterocycles. The minimum absolute atomic E-state index is 0.808. The summed E-state index contributed by atoms with van der Waals surface area (Å²) in [4.78, 5) is 21.8. The quantitative estimate of drug-likeness (QED) is 0.318. The Kier molecular flexibility index (Phi) is 4.82. The lowest BCUT2D eigenvalue weighted by Crippen LogP contribution is -2.54. The Morgan fingerprint density at radius 3 is 2.21 bits per heavy atom. The highest BCUT2D eigenvalue weighted by molar-refractivity contribution is 5.67. The Hall–Kier alpha value is -1.26. The maximum Gasteiger partial charge on any atom is 0.305 e. The van der Waals surface area contributed by atoms with Gasteiger partial charge in [-0.05, 0) is 0 Å². The number of esters is 2. The first kappa shape index (κ1) is 15.8. The fourth-order valence-electron chi connectivity index (χ4n) is 1.72. The Labute approximate surface area is 108 Å². The summed E-state index contributed by atoms with van der Waals surface area (Å²) in [6.45, 7) is 1.23. The topological polar surface area (TPSA) is 143 Å². The Morgan fingerprint density at radius 2 is 1.79 bits per heavy atom. The van der Waals surface area contributed by atoms with Crippen molar-refractivity contribution >= 4 is 11.9 Å². The number of carbonyl (C=O) groups is 2. The molecule has 0 aliphatic carbocycles. The third-order valence-corrected chi connectivity index (χ3v) is 2.48. The average molecular weight is 280 g/mol. The molecular formula is C10H16O9. The number of aliphatic hydroxyl groups excluding tert-OH is 2. The molecule has 1 heterocycles. The van der Waals surface area contributed by atoms with Crippen LogP contribution >= 0.6 is 0 Å². The number of ether oxygens (including phenoxy) is 3. The first-order chi connectivity index (χ1) is 8.70. The summed E-state index contributed by atoms with van der Waals surface area (Å²) < 4.78 is 14.2. The summed E-state index contributed by atoms with van der Waals surface area (Å²) in [5.74, 6) is -4.48. The highest BCUT2D eigenvalue weighted by Gasteiger charge is 2.61. The largest absolute Gasteiger partial charge is 0.450 e. The van der Waals surface area contributed by atoms with E-state index in [1.165, 1.54) is 0 Å². The molecule has 9 heteroatoms. The second kappa shape index (κ2) is 5.80. The monoisotopic (exact) mass is 280 g/mol. The van der Waals surface area contributed by atoms with E-state index >= 15 is 0 Å². The summed E-state index contributed by atoms with van der Waals surface area (Å²) in [7, 11) is 0. The van der Waals surface area contributed by atoms with Crippen LogP contribution in [0.25, 0.3) is 0 Å². The van der Waals surface area contributed by atoms with Gasteiger partial charge in [0, 0.05) is 13.8 Å².